The van der Waals surface area contributed by atoms with Crippen molar-refractivity contribution in [3.05, 3.63) is 71.5 Å². The van der Waals surface area contributed by atoms with Gasteiger partial charge in [-0.3, -0.25) is 20.0 Å². The second kappa shape index (κ2) is 7.54. The number of anilines is 1. The number of hydrogen-bond acceptors (Lipinski definition) is 6. The molecule has 138 valence electrons. The van der Waals surface area contributed by atoms with E-state index in [1.54, 1.807) is 18.2 Å². The Balaban J connectivity index is 1.51. The van der Waals surface area contributed by atoms with Crippen molar-refractivity contribution in [1.82, 2.24) is 10.3 Å². The quantitative estimate of drug-likeness (QED) is 0.849. The van der Waals surface area contributed by atoms with Crippen molar-refractivity contribution in [2.24, 2.45) is 5.10 Å². The maximum absolute atomic E-state index is 13.0. The number of hydrogen-bond donors (Lipinski definition) is 1. The Kier molecular flexibility index (Phi) is 4.96. The van der Waals surface area contributed by atoms with E-state index in [2.05, 4.69) is 10.5 Å². The molecule has 4 rings (SSSR count). The summed E-state index contributed by atoms with van der Waals surface area (Å²) in [5, 5.41) is 5.78. The Hall–Kier alpha value is -2.64. The van der Waals surface area contributed by atoms with Gasteiger partial charge in [-0.2, -0.15) is 5.10 Å². The third-order valence-corrected chi connectivity index (χ3v) is 5.67. The van der Waals surface area contributed by atoms with Crippen LogP contribution in [-0.4, -0.2) is 29.3 Å². The molecular formula is C19H17ClN4O2S. The largest absolute Gasteiger partial charge is 0.495 e. The summed E-state index contributed by atoms with van der Waals surface area (Å²) < 4.78 is 5.37. The monoisotopic (exact) mass is 400 g/mol. The molecule has 0 bridgehead atoms. The molecule has 0 radical (unpaired) electrons. The topological polar surface area (TPSA) is 57.2 Å². The molecule has 0 aliphatic carbocycles. The van der Waals surface area contributed by atoms with Crippen LogP contribution in [0.3, 0.4) is 0 Å². The van der Waals surface area contributed by atoms with Crippen molar-refractivity contribution in [3.63, 3.8) is 0 Å². The number of halogens is 1. The standard InChI is InChI=1S/C19H17ClN4O2S/c1-26-16-9-5-4-8-15(16)23-10-11-24-17(18(23)25)21-22-19(24)27-12-13-6-2-3-7-14(13)20/h2-11,17,21H,12H2,1H3. The molecular weight excluding hydrogens is 384 g/mol. The number of fused-ring (bicyclic) bond motifs is 1. The van der Waals surface area contributed by atoms with Gasteiger partial charge in [0.2, 0.25) is 6.17 Å². The summed E-state index contributed by atoms with van der Waals surface area (Å²) >= 11 is 7.74. The number of para-hydroxylation sites is 2. The number of carbonyl (C=O) groups excluding carboxylic acids is 1. The van der Waals surface area contributed by atoms with E-state index in [1.807, 2.05) is 59.6 Å². The molecule has 2 aliphatic heterocycles. The fourth-order valence-electron chi connectivity index (χ4n) is 2.91. The molecule has 1 N–H and O–H groups in total. The molecule has 1 unspecified atom stereocenters. The summed E-state index contributed by atoms with van der Waals surface area (Å²) in [6.45, 7) is 0. The number of thioether (sulfide) groups is 1. The average molecular weight is 401 g/mol. The Labute approximate surface area is 166 Å². The first-order valence-corrected chi connectivity index (χ1v) is 9.67. The number of hydrazone groups is 1. The first kappa shape index (κ1) is 17.8. The van der Waals surface area contributed by atoms with Gasteiger partial charge in [0.1, 0.15) is 5.75 Å². The third kappa shape index (κ3) is 3.36. The third-order valence-electron chi connectivity index (χ3n) is 4.29. The minimum absolute atomic E-state index is 0.126. The predicted molar refractivity (Wildman–Crippen MR) is 109 cm³/mol. The van der Waals surface area contributed by atoms with E-state index in [0.29, 0.717) is 17.2 Å². The van der Waals surface area contributed by atoms with Crippen LogP contribution in [-0.2, 0) is 10.5 Å². The molecule has 0 saturated carbocycles. The molecule has 6 nitrogen and oxygen atoms in total. The van der Waals surface area contributed by atoms with Gasteiger partial charge in [-0.1, -0.05) is 53.7 Å². The van der Waals surface area contributed by atoms with Crippen molar-refractivity contribution >= 4 is 40.1 Å². The van der Waals surface area contributed by atoms with Gasteiger partial charge in [-0.15, -0.1) is 0 Å². The van der Waals surface area contributed by atoms with Gasteiger partial charge >= 0.3 is 0 Å². The number of nitrogens with one attached hydrogen (secondary N) is 1. The number of amides is 1. The van der Waals surface area contributed by atoms with Crippen LogP contribution in [0.2, 0.25) is 5.02 Å². The number of nitrogens with zero attached hydrogens (tertiary/aromatic N) is 3. The number of methoxy groups -OCH3 is 1. The fraction of sp³-hybridized carbons (Fsp3) is 0.158. The van der Waals surface area contributed by atoms with Crippen molar-refractivity contribution in [1.29, 1.82) is 0 Å². The van der Waals surface area contributed by atoms with Gasteiger partial charge in [0.05, 0.1) is 12.8 Å². The molecule has 1 amide bonds. The van der Waals surface area contributed by atoms with Gasteiger partial charge in [0, 0.05) is 23.2 Å². The fourth-order valence-corrected chi connectivity index (χ4v) is 4.16. The summed E-state index contributed by atoms with van der Waals surface area (Å²) in [6, 6.07) is 15.1. The highest BCUT2D eigenvalue weighted by Gasteiger charge is 2.38. The van der Waals surface area contributed by atoms with E-state index in [9.17, 15) is 4.79 Å². The minimum atomic E-state index is -0.575. The van der Waals surface area contributed by atoms with Crippen LogP contribution < -0.4 is 15.1 Å². The summed E-state index contributed by atoms with van der Waals surface area (Å²) in [7, 11) is 1.59. The van der Waals surface area contributed by atoms with E-state index in [1.165, 1.54) is 11.8 Å². The molecule has 0 spiro atoms. The van der Waals surface area contributed by atoms with E-state index in [0.717, 1.165) is 15.8 Å². The number of ether oxygens (including phenoxy) is 1. The maximum atomic E-state index is 13.0. The second-order valence-electron chi connectivity index (χ2n) is 5.89. The number of carbonyl (C=O) groups is 1. The predicted octanol–water partition coefficient (Wildman–Crippen LogP) is 3.60. The van der Waals surface area contributed by atoms with Crippen LogP contribution in [0.15, 0.2) is 66.0 Å². The van der Waals surface area contributed by atoms with Crippen LogP contribution in [0, 0.1) is 0 Å². The molecule has 1 atom stereocenters. The highest BCUT2D eigenvalue weighted by atomic mass is 35.5. The lowest BCUT2D eigenvalue weighted by molar-refractivity contribution is -0.122. The zero-order chi connectivity index (χ0) is 18.8. The van der Waals surface area contributed by atoms with Gasteiger partial charge < -0.3 is 4.74 Å². The number of amidine groups is 1. The molecule has 2 heterocycles. The highest BCUT2D eigenvalue weighted by Crippen LogP contribution is 2.32. The highest BCUT2D eigenvalue weighted by molar-refractivity contribution is 8.13. The van der Waals surface area contributed by atoms with Crippen molar-refractivity contribution in [2.45, 2.75) is 11.9 Å². The van der Waals surface area contributed by atoms with Crippen LogP contribution in [0.5, 0.6) is 5.75 Å². The van der Waals surface area contributed by atoms with Gasteiger partial charge in [0.25, 0.3) is 5.91 Å². The van der Waals surface area contributed by atoms with Crippen LogP contribution in [0.25, 0.3) is 0 Å². The second-order valence-corrected chi connectivity index (χ2v) is 7.24. The zero-order valence-corrected chi connectivity index (χ0v) is 16.1. The smallest absolute Gasteiger partial charge is 0.276 e. The summed E-state index contributed by atoms with van der Waals surface area (Å²) in [6.07, 6.45) is 3.00. The molecule has 2 aromatic rings. The van der Waals surface area contributed by atoms with E-state index < -0.39 is 6.17 Å². The first-order valence-electron chi connectivity index (χ1n) is 8.31. The Bertz CT molecular complexity index is 933. The average Bonchev–Trinajstić information content (AvgIpc) is 3.12. The lowest BCUT2D eigenvalue weighted by atomic mass is 10.2. The summed E-state index contributed by atoms with van der Waals surface area (Å²) in [4.78, 5) is 16.4. The molecule has 27 heavy (non-hydrogen) atoms. The molecule has 0 saturated heterocycles. The number of benzene rings is 2. The Morgan fingerprint density at radius 1 is 1.19 bits per heavy atom. The van der Waals surface area contributed by atoms with E-state index in [-0.39, 0.29) is 5.91 Å². The van der Waals surface area contributed by atoms with E-state index >= 15 is 0 Å². The van der Waals surface area contributed by atoms with Crippen LogP contribution in [0.1, 0.15) is 5.56 Å². The van der Waals surface area contributed by atoms with Crippen molar-refractivity contribution in [2.75, 3.05) is 12.0 Å². The van der Waals surface area contributed by atoms with Gasteiger partial charge in [0.15, 0.2) is 5.17 Å². The van der Waals surface area contributed by atoms with Crippen molar-refractivity contribution < 1.29 is 9.53 Å². The lowest BCUT2D eigenvalue weighted by Crippen LogP contribution is -2.52. The first-order chi connectivity index (χ1) is 13.2. The van der Waals surface area contributed by atoms with Gasteiger partial charge in [-0.05, 0) is 23.8 Å². The Morgan fingerprint density at radius 3 is 2.78 bits per heavy atom. The van der Waals surface area contributed by atoms with Crippen molar-refractivity contribution in [3.8, 4) is 5.75 Å². The van der Waals surface area contributed by atoms with E-state index in [4.69, 9.17) is 16.3 Å². The Morgan fingerprint density at radius 2 is 1.96 bits per heavy atom. The maximum Gasteiger partial charge on any atom is 0.276 e. The SMILES string of the molecule is COc1ccccc1N1C=CN2C(SCc3ccccc3Cl)=NNC2C1=O. The minimum Gasteiger partial charge on any atom is -0.495 e. The van der Waals surface area contributed by atoms with Crippen LogP contribution >= 0.6 is 23.4 Å². The van der Waals surface area contributed by atoms with Gasteiger partial charge in [-0.25, -0.2) is 0 Å². The molecule has 0 fully saturated rings. The zero-order valence-electron chi connectivity index (χ0n) is 14.5. The normalized spacial score (nSPS) is 18.2. The molecule has 8 heteroatoms. The lowest BCUT2D eigenvalue weighted by Gasteiger charge is -2.32. The molecule has 0 aromatic heterocycles. The number of rotatable bonds is 4. The molecule has 2 aliphatic rings. The summed E-state index contributed by atoms with van der Waals surface area (Å²) in [5.41, 5.74) is 4.64. The summed E-state index contributed by atoms with van der Waals surface area (Å²) in [5.74, 6) is 1.18. The molecule has 2 aromatic carbocycles. The van der Waals surface area contributed by atoms with Crippen LogP contribution in [0.4, 0.5) is 5.69 Å².